The van der Waals surface area contributed by atoms with E-state index in [0.717, 1.165) is 62.8 Å². The maximum Gasteiger partial charge on any atom is 0.269 e. The largest absolute Gasteiger partial charge is 0.343 e. The zero-order valence-electron chi connectivity index (χ0n) is 16.1. The molecule has 156 valence electrons. The van der Waals surface area contributed by atoms with Crippen LogP contribution in [0.5, 0.6) is 0 Å². The molecular weight excluding hydrogens is 396 g/mol. The number of hydrogen-bond donors (Lipinski definition) is 1. The van der Waals surface area contributed by atoms with Crippen molar-refractivity contribution in [3.8, 4) is 0 Å². The van der Waals surface area contributed by atoms with Crippen LogP contribution in [-0.4, -0.2) is 50.1 Å². The predicted octanol–water partition coefficient (Wildman–Crippen LogP) is 2.05. The highest BCUT2D eigenvalue weighted by Crippen LogP contribution is 2.28. The van der Waals surface area contributed by atoms with Gasteiger partial charge >= 0.3 is 0 Å². The summed E-state index contributed by atoms with van der Waals surface area (Å²) >= 11 is 0. The summed E-state index contributed by atoms with van der Waals surface area (Å²) in [5.74, 6) is 2.51. The first-order valence-corrected chi connectivity index (χ1v) is 9.75. The Hall–Kier alpha value is -2.52. The van der Waals surface area contributed by atoms with Crippen molar-refractivity contribution in [1.82, 2.24) is 25.0 Å². The van der Waals surface area contributed by atoms with E-state index in [-0.39, 0.29) is 24.0 Å². The monoisotopic (exact) mass is 420 g/mol. The first kappa shape index (κ1) is 21.2. The van der Waals surface area contributed by atoms with Crippen LogP contribution in [0.25, 0.3) is 0 Å². The van der Waals surface area contributed by atoms with Crippen LogP contribution in [0.3, 0.4) is 0 Å². The lowest BCUT2D eigenvalue weighted by Gasteiger charge is -2.32. The van der Waals surface area contributed by atoms with E-state index >= 15 is 0 Å². The lowest BCUT2D eigenvalue weighted by molar-refractivity contribution is -0.384. The lowest BCUT2D eigenvalue weighted by atomic mass is 9.95. The Balaban J connectivity index is 0.00000240. The number of aromatic nitrogens is 3. The molecule has 1 aromatic carbocycles. The number of rotatable bonds is 5. The highest BCUT2D eigenvalue weighted by Gasteiger charge is 2.28. The Kier molecular flexibility index (Phi) is 6.81. The minimum atomic E-state index is -0.407. The molecule has 1 N–H and O–H groups in total. The van der Waals surface area contributed by atoms with Gasteiger partial charge in [0.2, 0.25) is 5.91 Å². The standard InChI is InChI=1S/C19H24N6O3.ClH/c26-18(5-4-14-2-1-3-16(12-14)25(27)28)23-9-6-15(7-10-23)19-22-21-17-13-20-8-11-24(17)19;/h1-3,12,15,20H,4-11,13H2;1H. The third-order valence-electron chi connectivity index (χ3n) is 5.61. The number of hydrogen-bond acceptors (Lipinski definition) is 6. The summed E-state index contributed by atoms with van der Waals surface area (Å²) in [6, 6.07) is 6.51. The predicted molar refractivity (Wildman–Crippen MR) is 109 cm³/mol. The van der Waals surface area contributed by atoms with Gasteiger partial charge in [-0.3, -0.25) is 14.9 Å². The van der Waals surface area contributed by atoms with Crippen molar-refractivity contribution < 1.29 is 9.72 Å². The number of piperidine rings is 1. The molecule has 0 atom stereocenters. The number of nitro benzene ring substituents is 1. The lowest BCUT2D eigenvalue weighted by Crippen LogP contribution is -2.39. The van der Waals surface area contributed by atoms with Gasteiger partial charge in [0.15, 0.2) is 0 Å². The second-order valence-electron chi connectivity index (χ2n) is 7.38. The molecule has 2 aliphatic rings. The van der Waals surface area contributed by atoms with Gasteiger partial charge in [-0.25, -0.2) is 0 Å². The van der Waals surface area contributed by atoms with Crippen molar-refractivity contribution in [1.29, 1.82) is 0 Å². The van der Waals surface area contributed by atoms with Crippen molar-refractivity contribution in [2.24, 2.45) is 0 Å². The molecule has 0 bridgehead atoms. The molecule has 1 saturated heterocycles. The number of nitro groups is 1. The molecule has 3 heterocycles. The minimum Gasteiger partial charge on any atom is -0.343 e. The highest BCUT2D eigenvalue weighted by atomic mass is 35.5. The number of aryl methyl sites for hydroxylation is 1. The number of nitrogens with zero attached hydrogens (tertiary/aromatic N) is 5. The van der Waals surface area contributed by atoms with Crippen LogP contribution in [0.4, 0.5) is 5.69 Å². The van der Waals surface area contributed by atoms with Crippen LogP contribution >= 0.6 is 12.4 Å². The van der Waals surface area contributed by atoms with Crippen molar-refractivity contribution >= 4 is 24.0 Å². The number of benzene rings is 1. The summed E-state index contributed by atoms with van der Waals surface area (Å²) in [6.45, 7) is 4.05. The zero-order valence-corrected chi connectivity index (χ0v) is 16.9. The molecule has 29 heavy (non-hydrogen) atoms. The summed E-state index contributed by atoms with van der Waals surface area (Å²) in [5, 5.41) is 22.9. The van der Waals surface area contributed by atoms with Crippen molar-refractivity contribution in [2.45, 2.75) is 44.7 Å². The molecule has 9 nitrogen and oxygen atoms in total. The molecule has 2 aromatic rings. The fraction of sp³-hybridized carbons (Fsp3) is 0.526. The van der Waals surface area contributed by atoms with Crippen molar-refractivity contribution in [3.05, 3.63) is 51.6 Å². The molecule has 0 spiro atoms. The Morgan fingerprint density at radius 1 is 1.24 bits per heavy atom. The number of likely N-dealkylation sites (tertiary alicyclic amines) is 1. The third kappa shape index (κ3) is 4.73. The molecular formula is C19H25ClN6O3. The molecule has 1 amide bonds. The number of non-ortho nitro benzene ring substituents is 1. The Morgan fingerprint density at radius 3 is 2.79 bits per heavy atom. The maximum atomic E-state index is 12.6. The fourth-order valence-electron chi connectivity index (χ4n) is 4.04. The Morgan fingerprint density at radius 2 is 2.03 bits per heavy atom. The number of nitrogens with one attached hydrogen (secondary N) is 1. The summed E-state index contributed by atoms with van der Waals surface area (Å²) in [7, 11) is 0. The first-order valence-electron chi connectivity index (χ1n) is 9.75. The van der Waals surface area contributed by atoms with Crippen molar-refractivity contribution in [2.75, 3.05) is 19.6 Å². The Bertz CT molecular complexity index is 879. The third-order valence-corrected chi connectivity index (χ3v) is 5.61. The summed E-state index contributed by atoms with van der Waals surface area (Å²) in [4.78, 5) is 24.9. The van der Waals surface area contributed by atoms with Gasteiger partial charge in [0, 0.05) is 50.7 Å². The van der Waals surface area contributed by atoms with Gasteiger partial charge in [-0.05, 0) is 24.8 Å². The van der Waals surface area contributed by atoms with Gasteiger partial charge in [0.05, 0.1) is 11.5 Å². The SMILES string of the molecule is Cl.O=C(CCc1cccc([N+](=O)[O-])c1)N1CCC(c2nnc3n2CCNC3)CC1. The second-order valence-corrected chi connectivity index (χ2v) is 7.38. The van der Waals surface area contributed by atoms with Crippen molar-refractivity contribution in [3.63, 3.8) is 0 Å². The number of halogens is 1. The maximum absolute atomic E-state index is 12.6. The van der Waals surface area contributed by atoms with Crippen LogP contribution < -0.4 is 5.32 Å². The molecule has 4 rings (SSSR count). The smallest absolute Gasteiger partial charge is 0.269 e. The highest BCUT2D eigenvalue weighted by molar-refractivity contribution is 5.85. The molecule has 0 saturated carbocycles. The molecule has 1 aromatic heterocycles. The summed E-state index contributed by atoms with van der Waals surface area (Å²) in [5.41, 5.74) is 0.888. The van der Waals surface area contributed by atoms with E-state index in [9.17, 15) is 14.9 Å². The fourth-order valence-corrected chi connectivity index (χ4v) is 4.04. The summed E-state index contributed by atoms with van der Waals surface area (Å²) in [6.07, 6.45) is 2.69. The number of carbonyl (C=O) groups is 1. The minimum absolute atomic E-state index is 0. The topological polar surface area (TPSA) is 106 Å². The zero-order chi connectivity index (χ0) is 19.5. The first-order chi connectivity index (χ1) is 13.6. The van der Waals surface area contributed by atoms with E-state index in [2.05, 4.69) is 20.1 Å². The second kappa shape index (κ2) is 9.32. The van der Waals surface area contributed by atoms with Gasteiger partial charge in [-0.1, -0.05) is 12.1 Å². The molecule has 0 radical (unpaired) electrons. The van der Waals surface area contributed by atoms with Crippen LogP contribution in [0.2, 0.25) is 0 Å². The van der Waals surface area contributed by atoms with Gasteiger partial charge in [-0.2, -0.15) is 0 Å². The molecule has 0 aliphatic carbocycles. The van der Waals surface area contributed by atoms with Crippen LogP contribution in [-0.2, 0) is 24.3 Å². The molecule has 10 heteroatoms. The Labute approximate surface area is 175 Å². The van der Waals surface area contributed by atoms with Crippen LogP contribution in [0, 0.1) is 10.1 Å². The van der Waals surface area contributed by atoms with E-state index in [4.69, 9.17) is 0 Å². The number of amides is 1. The van der Waals surface area contributed by atoms with Gasteiger partial charge in [0.25, 0.3) is 5.69 Å². The normalized spacial score (nSPS) is 16.8. The van der Waals surface area contributed by atoms with Gasteiger partial charge in [0.1, 0.15) is 11.6 Å². The van der Waals surface area contributed by atoms with Gasteiger partial charge in [-0.15, -0.1) is 22.6 Å². The van der Waals surface area contributed by atoms with E-state index in [1.807, 2.05) is 11.0 Å². The summed E-state index contributed by atoms with van der Waals surface area (Å²) < 4.78 is 2.22. The quantitative estimate of drug-likeness (QED) is 0.586. The van der Waals surface area contributed by atoms with Crippen LogP contribution in [0.1, 0.15) is 42.4 Å². The van der Waals surface area contributed by atoms with E-state index < -0.39 is 4.92 Å². The molecule has 0 unspecified atom stereocenters. The average Bonchev–Trinajstić information content (AvgIpc) is 3.16. The number of carbonyl (C=O) groups excluding carboxylic acids is 1. The van der Waals surface area contributed by atoms with Crippen LogP contribution in [0.15, 0.2) is 24.3 Å². The van der Waals surface area contributed by atoms with Gasteiger partial charge < -0.3 is 14.8 Å². The van der Waals surface area contributed by atoms with E-state index in [1.165, 1.54) is 6.07 Å². The van der Waals surface area contributed by atoms with E-state index in [0.29, 0.717) is 18.8 Å². The van der Waals surface area contributed by atoms with E-state index in [1.54, 1.807) is 12.1 Å². The molecule has 1 fully saturated rings. The molecule has 2 aliphatic heterocycles. The average molecular weight is 421 g/mol. The number of fused-ring (bicyclic) bond motifs is 1.